The third-order valence-corrected chi connectivity index (χ3v) is 5.37. The van der Waals surface area contributed by atoms with E-state index in [1.807, 2.05) is 30.3 Å². The van der Waals surface area contributed by atoms with Gasteiger partial charge in [-0.05, 0) is 30.9 Å². The van der Waals surface area contributed by atoms with Crippen LogP contribution in [0.25, 0.3) is 0 Å². The summed E-state index contributed by atoms with van der Waals surface area (Å²) in [5.41, 5.74) is 1.03. The molecule has 0 radical (unpaired) electrons. The van der Waals surface area contributed by atoms with E-state index in [1.165, 1.54) is 6.08 Å². The van der Waals surface area contributed by atoms with Crippen LogP contribution >= 0.6 is 0 Å². The Morgan fingerprint density at radius 1 is 1.19 bits per heavy atom. The average molecular weight is 369 g/mol. The summed E-state index contributed by atoms with van der Waals surface area (Å²) in [6.07, 6.45) is 4.07. The minimum Gasteiger partial charge on any atom is -0.354 e. The summed E-state index contributed by atoms with van der Waals surface area (Å²) in [6, 6.07) is 9.27. The van der Waals surface area contributed by atoms with Crippen LogP contribution in [0.4, 0.5) is 0 Å². The first kappa shape index (κ1) is 19.1. The Bertz CT molecular complexity index is 704. The van der Waals surface area contributed by atoms with Gasteiger partial charge in [-0.2, -0.15) is 0 Å². The highest BCUT2D eigenvalue weighted by Crippen LogP contribution is 2.22. The third-order valence-electron chi connectivity index (χ3n) is 5.37. The summed E-state index contributed by atoms with van der Waals surface area (Å²) >= 11 is 0. The molecule has 2 fully saturated rings. The van der Waals surface area contributed by atoms with Gasteiger partial charge < -0.3 is 15.1 Å². The number of benzene rings is 1. The van der Waals surface area contributed by atoms with Gasteiger partial charge in [0.1, 0.15) is 6.04 Å². The minimum atomic E-state index is -0.507. The Morgan fingerprint density at radius 2 is 1.96 bits per heavy atom. The fraction of sp³-hybridized carbons (Fsp3) is 0.476. The molecule has 2 unspecified atom stereocenters. The van der Waals surface area contributed by atoms with Crippen LogP contribution in [0.1, 0.15) is 24.8 Å². The number of hydrogen-bond acceptors (Lipinski definition) is 3. The molecule has 3 rings (SSSR count). The largest absolute Gasteiger partial charge is 0.354 e. The second kappa shape index (κ2) is 8.84. The highest BCUT2D eigenvalue weighted by Gasteiger charge is 2.37. The van der Waals surface area contributed by atoms with Crippen molar-refractivity contribution in [2.75, 3.05) is 26.2 Å². The van der Waals surface area contributed by atoms with Crippen molar-refractivity contribution in [2.24, 2.45) is 5.92 Å². The van der Waals surface area contributed by atoms with Gasteiger partial charge in [-0.1, -0.05) is 36.9 Å². The lowest BCUT2D eigenvalue weighted by molar-refractivity contribution is -0.145. The lowest BCUT2D eigenvalue weighted by Gasteiger charge is -2.36. The number of amides is 3. The first-order chi connectivity index (χ1) is 13.1. The van der Waals surface area contributed by atoms with Crippen molar-refractivity contribution in [3.63, 3.8) is 0 Å². The smallest absolute Gasteiger partial charge is 0.245 e. The summed E-state index contributed by atoms with van der Waals surface area (Å²) in [6.45, 7) is 5.73. The number of piperidine rings is 1. The molecule has 2 aliphatic rings. The van der Waals surface area contributed by atoms with Crippen LogP contribution in [0.2, 0.25) is 0 Å². The molecule has 2 saturated heterocycles. The molecular formula is C21H27N3O3. The van der Waals surface area contributed by atoms with Crippen LogP contribution < -0.4 is 5.32 Å². The van der Waals surface area contributed by atoms with Crippen LogP contribution in [-0.2, 0) is 20.8 Å². The normalized spacial score (nSPS) is 23.3. The van der Waals surface area contributed by atoms with Gasteiger partial charge in [0, 0.05) is 32.6 Å². The Labute approximate surface area is 160 Å². The van der Waals surface area contributed by atoms with Crippen molar-refractivity contribution in [3.05, 3.63) is 48.6 Å². The maximum absolute atomic E-state index is 13.3. The fourth-order valence-electron chi connectivity index (χ4n) is 3.92. The van der Waals surface area contributed by atoms with E-state index in [2.05, 4.69) is 11.9 Å². The van der Waals surface area contributed by atoms with Crippen molar-refractivity contribution < 1.29 is 14.4 Å². The van der Waals surface area contributed by atoms with Crippen LogP contribution in [0.3, 0.4) is 0 Å². The number of nitrogens with one attached hydrogen (secondary N) is 1. The molecule has 6 nitrogen and oxygen atoms in total. The number of rotatable bonds is 4. The molecule has 1 aromatic rings. The van der Waals surface area contributed by atoms with Gasteiger partial charge in [0.25, 0.3) is 0 Å². The molecule has 1 aromatic carbocycles. The predicted octanol–water partition coefficient (Wildman–Crippen LogP) is 1.37. The molecule has 1 N–H and O–H groups in total. The second-order valence-electron chi connectivity index (χ2n) is 7.21. The molecule has 0 saturated carbocycles. The monoisotopic (exact) mass is 369 g/mol. The molecule has 2 atom stereocenters. The number of carbonyl (C=O) groups is 3. The zero-order valence-corrected chi connectivity index (χ0v) is 15.6. The first-order valence-electron chi connectivity index (χ1n) is 9.63. The van der Waals surface area contributed by atoms with Gasteiger partial charge in [-0.3, -0.25) is 14.4 Å². The van der Waals surface area contributed by atoms with E-state index in [0.29, 0.717) is 32.6 Å². The van der Waals surface area contributed by atoms with Crippen LogP contribution in [0.5, 0.6) is 0 Å². The van der Waals surface area contributed by atoms with Crippen molar-refractivity contribution in [2.45, 2.75) is 31.7 Å². The molecule has 144 valence electrons. The first-order valence-corrected chi connectivity index (χ1v) is 9.63. The third kappa shape index (κ3) is 4.56. The van der Waals surface area contributed by atoms with Crippen LogP contribution in [0, 0.1) is 5.92 Å². The highest BCUT2D eigenvalue weighted by molar-refractivity contribution is 5.90. The number of likely N-dealkylation sites (tertiary alicyclic amines) is 1. The minimum absolute atomic E-state index is 0.0189. The zero-order valence-electron chi connectivity index (χ0n) is 15.6. The number of carbonyl (C=O) groups excluding carboxylic acids is 3. The summed E-state index contributed by atoms with van der Waals surface area (Å²) in [4.78, 5) is 41.3. The molecule has 2 aliphatic heterocycles. The van der Waals surface area contributed by atoms with E-state index < -0.39 is 6.04 Å². The van der Waals surface area contributed by atoms with E-state index in [4.69, 9.17) is 0 Å². The maximum Gasteiger partial charge on any atom is 0.245 e. The molecular weight excluding hydrogens is 342 g/mol. The number of nitrogens with zero attached hydrogens (tertiary/aromatic N) is 2. The van der Waals surface area contributed by atoms with Crippen molar-refractivity contribution in [1.29, 1.82) is 0 Å². The van der Waals surface area contributed by atoms with Gasteiger partial charge in [0.05, 0.1) is 5.92 Å². The summed E-state index contributed by atoms with van der Waals surface area (Å²) in [5, 5.41) is 2.93. The van der Waals surface area contributed by atoms with Crippen LogP contribution in [-0.4, -0.2) is 59.7 Å². The standard InChI is InChI=1S/C21H27N3O3/c1-2-19(25)23-12-6-10-17(15-23)21(27)24-13-7-11-22-20(26)18(24)14-16-8-4-3-5-9-16/h2-5,8-9,17-18H,1,6-7,10-15H2,(H,22,26). The molecule has 0 aromatic heterocycles. The van der Waals surface area contributed by atoms with Crippen LogP contribution in [0.15, 0.2) is 43.0 Å². The molecule has 0 aliphatic carbocycles. The predicted molar refractivity (Wildman–Crippen MR) is 103 cm³/mol. The van der Waals surface area contributed by atoms with E-state index in [1.54, 1.807) is 9.80 Å². The van der Waals surface area contributed by atoms with Gasteiger partial charge >= 0.3 is 0 Å². The van der Waals surface area contributed by atoms with Gasteiger partial charge in [0.2, 0.25) is 17.7 Å². The summed E-state index contributed by atoms with van der Waals surface area (Å²) < 4.78 is 0. The Balaban J connectivity index is 1.77. The highest BCUT2D eigenvalue weighted by atomic mass is 16.2. The molecule has 27 heavy (non-hydrogen) atoms. The molecule has 2 heterocycles. The molecule has 3 amide bonds. The van der Waals surface area contributed by atoms with Crippen molar-refractivity contribution in [3.8, 4) is 0 Å². The maximum atomic E-state index is 13.3. The zero-order chi connectivity index (χ0) is 19.2. The van der Waals surface area contributed by atoms with Gasteiger partial charge in [-0.25, -0.2) is 0 Å². The Hall–Kier alpha value is -2.63. The van der Waals surface area contributed by atoms with Crippen molar-refractivity contribution in [1.82, 2.24) is 15.1 Å². The molecule has 6 heteroatoms. The van der Waals surface area contributed by atoms with E-state index >= 15 is 0 Å². The SMILES string of the molecule is C=CC(=O)N1CCCC(C(=O)N2CCCNC(=O)C2Cc2ccccc2)C1. The van der Waals surface area contributed by atoms with Crippen molar-refractivity contribution >= 4 is 17.7 Å². The second-order valence-corrected chi connectivity index (χ2v) is 7.21. The lowest BCUT2D eigenvalue weighted by Crippen LogP contribution is -2.53. The number of hydrogen-bond donors (Lipinski definition) is 1. The Morgan fingerprint density at radius 3 is 2.70 bits per heavy atom. The summed E-state index contributed by atoms with van der Waals surface area (Å²) in [7, 11) is 0. The summed E-state index contributed by atoms with van der Waals surface area (Å²) in [5.74, 6) is -0.511. The van der Waals surface area contributed by atoms with Gasteiger partial charge in [-0.15, -0.1) is 0 Å². The molecule has 0 bridgehead atoms. The van der Waals surface area contributed by atoms with Gasteiger partial charge in [0.15, 0.2) is 0 Å². The average Bonchev–Trinajstić information content (AvgIpc) is 2.89. The topological polar surface area (TPSA) is 69.7 Å². The Kier molecular flexibility index (Phi) is 6.27. The fourth-order valence-corrected chi connectivity index (χ4v) is 3.92. The molecule has 0 spiro atoms. The quantitative estimate of drug-likeness (QED) is 0.815. The lowest BCUT2D eigenvalue weighted by atomic mass is 9.94. The van der Waals surface area contributed by atoms with E-state index in [0.717, 1.165) is 24.8 Å². The van der Waals surface area contributed by atoms with E-state index in [9.17, 15) is 14.4 Å². The van der Waals surface area contributed by atoms with E-state index in [-0.39, 0.29) is 23.6 Å².